The largest absolute Gasteiger partial charge is 0.480 e. The van der Waals surface area contributed by atoms with Crippen LogP contribution in [0.1, 0.15) is 41.6 Å². The van der Waals surface area contributed by atoms with Gasteiger partial charge in [-0.3, -0.25) is 9.59 Å². The fourth-order valence-corrected chi connectivity index (χ4v) is 5.67. The summed E-state index contributed by atoms with van der Waals surface area (Å²) < 4.78 is 39.4. The summed E-state index contributed by atoms with van der Waals surface area (Å²) in [4.78, 5) is 22.7. The zero-order valence-electron chi connectivity index (χ0n) is 17.3. The van der Waals surface area contributed by atoms with E-state index in [4.69, 9.17) is 14.6 Å². The van der Waals surface area contributed by atoms with Crippen LogP contribution in [0.5, 0.6) is 11.5 Å². The highest BCUT2D eigenvalue weighted by molar-refractivity contribution is 7.89. The Hall–Kier alpha value is -3.11. The maximum atomic E-state index is 13.5. The van der Waals surface area contributed by atoms with Crippen LogP contribution in [0.15, 0.2) is 47.4 Å². The summed E-state index contributed by atoms with van der Waals surface area (Å²) >= 11 is 0. The number of hydrogen-bond acceptors (Lipinski definition) is 6. The molecule has 2 aliphatic rings. The molecular weight excluding hydrogens is 436 g/mol. The van der Waals surface area contributed by atoms with Gasteiger partial charge in [-0.15, -0.1) is 0 Å². The summed E-state index contributed by atoms with van der Waals surface area (Å²) in [7, 11) is -3.83. The molecule has 2 aromatic carbocycles. The smallest absolute Gasteiger partial charge is 0.322 e. The molecule has 1 heterocycles. The third-order valence-electron chi connectivity index (χ3n) is 5.63. The summed E-state index contributed by atoms with van der Waals surface area (Å²) in [5.41, 5.74) is 0.989. The van der Waals surface area contributed by atoms with Crippen molar-refractivity contribution in [1.29, 1.82) is 0 Å². The highest BCUT2D eigenvalue weighted by Crippen LogP contribution is 2.35. The van der Waals surface area contributed by atoms with Crippen molar-refractivity contribution in [2.75, 3.05) is 13.3 Å². The number of sulfonamides is 1. The molecule has 10 heteroatoms. The number of amides is 1. The van der Waals surface area contributed by atoms with E-state index in [1.807, 2.05) is 6.07 Å². The number of nitrogens with one attached hydrogen (secondary N) is 1. The molecule has 32 heavy (non-hydrogen) atoms. The molecule has 1 aliphatic heterocycles. The SMILES string of the molecule is O=C(O)CNC(=O)c1ccc(S(=O)(=O)N(Cc2ccc3c(c2)OCO3)C2CCCC2)cc1. The maximum absolute atomic E-state index is 13.5. The standard InChI is InChI=1S/C22H24N2O7S/c25-21(26)12-23-22(27)16-6-8-18(9-7-16)32(28,29)24(17-3-1-2-4-17)13-15-5-10-19-20(11-15)31-14-30-19/h5-11,17H,1-4,12-14H2,(H,23,27)(H,25,26). The normalized spacial score (nSPS) is 15.8. The van der Waals surface area contributed by atoms with Crippen molar-refractivity contribution in [2.45, 2.75) is 43.2 Å². The number of carbonyl (C=O) groups is 2. The second-order valence-corrected chi connectivity index (χ2v) is 9.67. The van der Waals surface area contributed by atoms with Crippen LogP contribution >= 0.6 is 0 Å². The van der Waals surface area contributed by atoms with Gasteiger partial charge in [0.25, 0.3) is 5.91 Å². The van der Waals surface area contributed by atoms with Gasteiger partial charge in [0.1, 0.15) is 6.54 Å². The molecule has 4 rings (SSSR count). The highest BCUT2D eigenvalue weighted by Gasteiger charge is 2.33. The fraction of sp³-hybridized carbons (Fsp3) is 0.364. The van der Waals surface area contributed by atoms with Crippen LogP contribution in [0, 0.1) is 0 Å². The first-order valence-corrected chi connectivity index (χ1v) is 11.8. The van der Waals surface area contributed by atoms with Crippen molar-refractivity contribution >= 4 is 21.9 Å². The number of carboxylic acids is 1. The lowest BCUT2D eigenvalue weighted by molar-refractivity contribution is -0.135. The number of hydrogen-bond donors (Lipinski definition) is 2. The zero-order valence-corrected chi connectivity index (χ0v) is 18.1. The first kappa shape index (κ1) is 22.1. The number of nitrogens with zero attached hydrogens (tertiary/aromatic N) is 1. The van der Waals surface area contributed by atoms with E-state index >= 15 is 0 Å². The quantitative estimate of drug-likeness (QED) is 0.620. The predicted octanol–water partition coefficient (Wildman–Crippen LogP) is 2.36. The third-order valence-corrected chi connectivity index (χ3v) is 7.54. The summed E-state index contributed by atoms with van der Waals surface area (Å²) in [6, 6.07) is 10.8. The fourth-order valence-electron chi connectivity index (χ4n) is 3.99. The molecule has 1 saturated carbocycles. The molecule has 1 fully saturated rings. The number of benzene rings is 2. The topological polar surface area (TPSA) is 122 Å². The van der Waals surface area contributed by atoms with Gasteiger partial charge in [-0.1, -0.05) is 18.9 Å². The lowest BCUT2D eigenvalue weighted by Gasteiger charge is -2.28. The van der Waals surface area contributed by atoms with E-state index < -0.39 is 28.4 Å². The van der Waals surface area contributed by atoms with E-state index in [0.717, 1.165) is 31.2 Å². The summed E-state index contributed by atoms with van der Waals surface area (Å²) in [6.07, 6.45) is 3.53. The molecule has 170 valence electrons. The Labute approximate surface area is 186 Å². The van der Waals surface area contributed by atoms with Crippen LogP contribution in [0.25, 0.3) is 0 Å². The molecule has 0 saturated heterocycles. The van der Waals surface area contributed by atoms with Gasteiger partial charge in [-0.05, 0) is 54.8 Å². The average Bonchev–Trinajstić information content (AvgIpc) is 3.47. The molecule has 1 amide bonds. The van der Waals surface area contributed by atoms with Crippen LogP contribution in [-0.2, 0) is 21.4 Å². The van der Waals surface area contributed by atoms with Gasteiger partial charge in [0, 0.05) is 18.2 Å². The first-order valence-electron chi connectivity index (χ1n) is 10.3. The Morgan fingerprint density at radius 1 is 1.03 bits per heavy atom. The Bertz CT molecular complexity index is 1110. The van der Waals surface area contributed by atoms with Crippen LogP contribution in [0.3, 0.4) is 0 Å². The van der Waals surface area contributed by atoms with E-state index in [1.54, 1.807) is 12.1 Å². The van der Waals surface area contributed by atoms with Gasteiger partial charge < -0.3 is 19.9 Å². The van der Waals surface area contributed by atoms with Crippen LogP contribution < -0.4 is 14.8 Å². The van der Waals surface area contributed by atoms with E-state index in [0.29, 0.717) is 11.5 Å². The molecule has 0 atom stereocenters. The average molecular weight is 461 g/mol. The number of rotatable bonds is 8. The van der Waals surface area contributed by atoms with Gasteiger partial charge >= 0.3 is 5.97 Å². The highest BCUT2D eigenvalue weighted by atomic mass is 32.2. The Morgan fingerprint density at radius 3 is 2.41 bits per heavy atom. The number of fused-ring (bicyclic) bond motifs is 1. The second-order valence-electron chi connectivity index (χ2n) is 7.78. The molecule has 0 bridgehead atoms. The summed E-state index contributed by atoms with van der Waals surface area (Å²) in [6.45, 7) is -0.163. The van der Waals surface area contributed by atoms with E-state index in [1.165, 1.54) is 28.6 Å². The number of aliphatic carboxylic acids is 1. The van der Waals surface area contributed by atoms with Crippen molar-refractivity contribution in [3.05, 3.63) is 53.6 Å². The predicted molar refractivity (Wildman–Crippen MR) is 114 cm³/mol. The first-order chi connectivity index (χ1) is 15.3. The monoisotopic (exact) mass is 460 g/mol. The van der Waals surface area contributed by atoms with Crippen molar-refractivity contribution < 1.29 is 32.6 Å². The molecule has 1 aliphatic carbocycles. The lowest BCUT2D eigenvalue weighted by Crippen LogP contribution is -2.38. The van der Waals surface area contributed by atoms with Crippen molar-refractivity contribution in [1.82, 2.24) is 9.62 Å². The second kappa shape index (κ2) is 9.17. The van der Waals surface area contributed by atoms with Crippen molar-refractivity contribution in [2.24, 2.45) is 0 Å². The van der Waals surface area contributed by atoms with Crippen LogP contribution in [-0.4, -0.2) is 49.1 Å². The van der Waals surface area contributed by atoms with Crippen LogP contribution in [0.4, 0.5) is 0 Å². The molecule has 2 aromatic rings. The maximum Gasteiger partial charge on any atom is 0.322 e. The number of carboxylic acid groups (broad SMARTS) is 1. The van der Waals surface area contributed by atoms with Gasteiger partial charge in [-0.25, -0.2) is 8.42 Å². The van der Waals surface area contributed by atoms with E-state index in [2.05, 4.69) is 5.32 Å². The Kier molecular flexibility index (Phi) is 6.33. The molecular formula is C22H24N2O7S. The molecule has 2 N–H and O–H groups in total. The van der Waals surface area contributed by atoms with Gasteiger partial charge in [0.2, 0.25) is 16.8 Å². The number of carbonyl (C=O) groups excluding carboxylic acids is 1. The minimum atomic E-state index is -3.83. The summed E-state index contributed by atoms with van der Waals surface area (Å²) in [5.74, 6) is -0.499. The van der Waals surface area contributed by atoms with Gasteiger partial charge in [0.15, 0.2) is 11.5 Å². The number of ether oxygens (including phenoxy) is 2. The Morgan fingerprint density at radius 2 is 1.72 bits per heavy atom. The minimum absolute atomic E-state index is 0.0833. The van der Waals surface area contributed by atoms with Gasteiger partial charge in [-0.2, -0.15) is 4.31 Å². The van der Waals surface area contributed by atoms with Crippen molar-refractivity contribution in [3.63, 3.8) is 0 Å². The summed E-state index contributed by atoms with van der Waals surface area (Å²) in [5, 5.41) is 10.9. The third kappa shape index (κ3) is 4.71. The zero-order chi connectivity index (χ0) is 22.7. The van der Waals surface area contributed by atoms with E-state index in [-0.39, 0.29) is 29.8 Å². The van der Waals surface area contributed by atoms with Crippen LogP contribution in [0.2, 0.25) is 0 Å². The van der Waals surface area contributed by atoms with Crippen molar-refractivity contribution in [3.8, 4) is 11.5 Å². The van der Waals surface area contributed by atoms with Gasteiger partial charge in [0.05, 0.1) is 4.90 Å². The molecule has 0 spiro atoms. The molecule has 0 unspecified atom stereocenters. The van der Waals surface area contributed by atoms with E-state index in [9.17, 15) is 18.0 Å². The Balaban J connectivity index is 1.57. The minimum Gasteiger partial charge on any atom is -0.480 e. The molecule has 0 radical (unpaired) electrons. The lowest BCUT2D eigenvalue weighted by atomic mass is 10.1. The molecule has 0 aromatic heterocycles. The molecule has 9 nitrogen and oxygen atoms in total.